The predicted molar refractivity (Wildman–Crippen MR) is 57.5 cm³/mol. The molecule has 0 aliphatic heterocycles. The van der Waals surface area contributed by atoms with Crippen molar-refractivity contribution in [3.05, 3.63) is 35.4 Å². The zero-order valence-electron chi connectivity index (χ0n) is 9.13. The van der Waals surface area contributed by atoms with E-state index in [1.807, 2.05) is 13.8 Å². The van der Waals surface area contributed by atoms with E-state index in [0.717, 1.165) is 12.5 Å². The van der Waals surface area contributed by atoms with Crippen LogP contribution in [0.4, 0.5) is 8.78 Å². The molecule has 84 valence electrons. The molecule has 2 unspecified atom stereocenters. The Morgan fingerprint density at radius 3 is 2.53 bits per heavy atom. The van der Waals surface area contributed by atoms with Crippen LogP contribution in [0.15, 0.2) is 18.2 Å². The van der Waals surface area contributed by atoms with E-state index in [9.17, 15) is 8.78 Å². The molecule has 2 atom stereocenters. The molecular weight excluding hydrogens is 196 g/mol. The summed E-state index contributed by atoms with van der Waals surface area (Å²) in [5, 5.41) is 0. The number of hydrogen-bond donors (Lipinski definition) is 1. The number of rotatable bonds is 4. The van der Waals surface area contributed by atoms with Gasteiger partial charge in [0.15, 0.2) is 0 Å². The van der Waals surface area contributed by atoms with Crippen LogP contribution in [0.3, 0.4) is 0 Å². The minimum absolute atomic E-state index is 0.0643. The van der Waals surface area contributed by atoms with Crippen molar-refractivity contribution in [2.45, 2.75) is 32.7 Å². The highest BCUT2D eigenvalue weighted by Gasteiger charge is 2.13. The highest BCUT2D eigenvalue weighted by atomic mass is 19.1. The van der Waals surface area contributed by atoms with E-state index in [1.165, 1.54) is 12.1 Å². The second kappa shape index (κ2) is 5.21. The third-order valence-corrected chi connectivity index (χ3v) is 2.76. The molecule has 3 heteroatoms. The van der Waals surface area contributed by atoms with Crippen LogP contribution < -0.4 is 5.73 Å². The number of halogens is 2. The van der Waals surface area contributed by atoms with Crippen LogP contribution in [0.5, 0.6) is 0 Å². The van der Waals surface area contributed by atoms with Gasteiger partial charge in [0.05, 0.1) is 0 Å². The molecule has 1 aromatic carbocycles. The molecule has 0 saturated carbocycles. The van der Waals surface area contributed by atoms with Crippen molar-refractivity contribution in [1.82, 2.24) is 0 Å². The largest absolute Gasteiger partial charge is 0.327 e. The van der Waals surface area contributed by atoms with Gasteiger partial charge in [0, 0.05) is 12.1 Å². The lowest BCUT2D eigenvalue weighted by Gasteiger charge is -2.18. The Balaban J connectivity index is 2.72. The smallest absolute Gasteiger partial charge is 0.129 e. The zero-order chi connectivity index (χ0) is 11.4. The van der Waals surface area contributed by atoms with Crippen molar-refractivity contribution >= 4 is 0 Å². The van der Waals surface area contributed by atoms with Crippen molar-refractivity contribution in [1.29, 1.82) is 0 Å². The minimum Gasteiger partial charge on any atom is -0.327 e. The van der Waals surface area contributed by atoms with Crippen molar-refractivity contribution in [3.8, 4) is 0 Å². The number of nitrogens with two attached hydrogens (primary N) is 1. The molecule has 0 amide bonds. The van der Waals surface area contributed by atoms with Crippen LogP contribution in [0, 0.1) is 17.6 Å². The fraction of sp³-hybridized carbons (Fsp3) is 0.500. The first kappa shape index (κ1) is 12.1. The molecule has 1 aromatic rings. The normalized spacial score (nSPS) is 15.0. The molecule has 0 radical (unpaired) electrons. The first-order valence-electron chi connectivity index (χ1n) is 5.24. The Kier molecular flexibility index (Phi) is 4.21. The SMILES string of the molecule is CCC(N)C(C)Cc1ccc(F)cc1F. The highest BCUT2D eigenvalue weighted by Crippen LogP contribution is 2.16. The molecular formula is C12H17F2N. The molecule has 15 heavy (non-hydrogen) atoms. The maximum atomic E-state index is 13.3. The summed E-state index contributed by atoms with van der Waals surface area (Å²) in [6.07, 6.45) is 1.42. The van der Waals surface area contributed by atoms with E-state index in [2.05, 4.69) is 0 Å². The second-order valence-electron chi connectivity index (χ2n) is 3.99. The zero-order valence-corrected chi connectivity index (χ0v) is 9.13. The van der Waals surface area contributed by atoms with Crippen molar-refractivity contribution in [3.63, 3.8) is 0 Å². The van der Waals surface area contributed by atoms with Gasteiger partial charge >= 0.3 is 0 Å². The predicted octanol–water partition coefficient (Wildman–Crippen LogP) is 2.88. The van der Waals surface area contributed by atoms with E-state index < -0.39 is 11.6 Å². The number of hydrogen-bond acceptors (Lipinski definition) is 1. The van der Waals surface area contributed by atoms with Gasteiger partial charge in [-0.2, -0.15) is 0 Å². The standard InChI is InChI=1S/C12H17F2N/c1-3-12(15)8(2)6-9-4-5-10(13)7-11(9)14/h4-5,7-8,12H,3,6,15H2,1-2H3. The van der Waals surface area contributed by atoms with Crippen molar-refractivity contribution < 1.29 is 8.78 Å². The van der Waals surface area contributed by atoms with Gasteiger partial charge in [0.1, 0.15) is 11.6 Å². The van der Waals surface area contributed by atoms with E-state index in [1.54, 1.807) is 0 Å². The molecule has 0 aromatic heterocycles. The molecule has 0 bridgehead atoms. The van der Waals surface area contributed by atoms with Gasteiger partial charge in [-0.3, -0.25) is 0 Å². The molecule has 0 spiro atoms. The average molecular weight is 213 g/mol. The fourth-order valence-corrected chi connectivity index (χ4v) is 1.59. The van der Waals surface area contributed by atoms with Crippen LogP contribution in [0.25, 0.3) is 0 Å². The van der Waals surface area contributed by atoms with E-state index in [-0.39, 0.29) is 12.0 Å². The summed E-state index contributed by atoms with van der Waals surface area (Å²) in [5.74, 6) is -0.816. The summed E-state index contributed by atoms with van der Waals surface area (Å²) in [4.78, 5) is 0. The minimum atomic E-state index is -0.538. The molecule has 1 rings (SSSR count). The van der Waals surface area contributed by atoms with Crippen LogP contribution in [-0.2, 0) is 6.42 Å². The van der Waals surface area contributed by atoms with Crippen LogP contribution in [-0.4, -0.2) is 6.04 Å². The Labute approximate surface area is 89.3 Å². The molecule has 0 heterocycles. The van der Waals surface area contributed by atoms with E-state index >= 15 is 0 Å². The van der Waals surface area contributed by atoms with Gasteiger partial charge < -0.3 is 5.73 Å². The molecule has 0 aliphatic carbocycles. The summed E-state index contributed by atoms with van der Waals surface area (Å²) in [5.41, 5.74) is 6.38. The van der Waals surface area contributed by atoms with Crippen LogP contribution in [0.1, 0.15) is 25.8 Å². The monoisotopic (exact) mass is 213 g/mol. The van der Waals surface area contributed by atoms with Crippen LogP contribution >= 0.6 is 0 Å². The van der Waals surface area contributed by atoms with E-state index in [4.69, 9.17) is 5.73 Å². The Bertz CT molecular complexity index is 325. The Hall–Kier alpha value is -0.960. The third-order valence-electron chi connectivity index (χ3n) is 2.76. The molecule has 2 N–H and O–H groups in total. The van der Waals surface area contributed by atoms with Gasteiger partial charge in [-0.1, -0.05) is 19.9 Å². The summed E-state index contributed by atoms with van der Waals surface area (Å²) < 4.78 is 25.9. The summed E-state index contributed by atoms with van der Waals surface area (Å²) >= 11 is 0. The van der Waals surface area contributed by atoms with Crippen LogP contribution in [0.2, 0.25) is 0 Å². The van der Waals surface area contributed by atoms with Gasteiger partial charge in [-0.05, 0) is 30.4 Å². The van der Waals surface area contributed by atoms with Crippen molar-refractivity contribution in [2.24, 2.45) is 11.7 Å². The van der Waals surface area contributed by atoms with Crippen molar-refractivity contribution in [2.75, 3.05) is 0 Å². The first-order chi connectivity index (χ1) is 7.04. The second-order valence-corrected chi connectivity index (χ2v) is 3.99. The molecule has 0 aliphatic rings. The van der Waals surface area contributed by atoms with E-state index in [0.29, 0.717) is 12.0 Å². The quantitative estimate of drug-likeness (QED) is 0.817. The molecule has 1 nitrogen and oxygen atoms in total. The molecule has 0 saturated heterocycles. The average Bonchev–Trinajstić information content (AvgIpc) is 2.20. The highest BCUT2D eigenvalue weighted by molar-refractivity contribution is 5.19. The topological polar surface area (TPSA) is 26.0 Å². The summed E-state index contributed by atoms with van der Waals surface area (Å²) in [6, 6.07) is 3.75. The lowest BCUT2D eigenvalue weighted by Crippen LogP contribution is -2.28. The first-order valence-corrected chi connectivity index (χ1v) is 5.24. The Morgan fingerprint density at radius 1 is 1.33 bits per heavy atom. The lowest BCUT2D eigenvalue weighted by molar-refractivity contribution is 0.433. The van der Waals surface area contributed by atoms with Gasteiger partial charge in [0.25, 0.3) is 0 Å². The van der Waals surface area contributed by atoms with Gasteiger partial charge in [-0.15, -0.1) is 0 Å². The summed E-state index contributed by atoms with van der Waals surface area (Å²) in [6.45, 7) is 3.99. The maximum Gasteiger partial charge on any atom is 0.129 e. The lowest BCUT2D eigenvalue weighted by atomic mass is 9.93. The third kappa shape index (κ3) is 3.27. The molecule has 0 fully saturated rings. The maximum absolute atomic E-state index is 13.3. The van der Waals surface area contributed by atoms with Gasteiger partial charge in [0.2, 0.25) is 0 Å². The van der Waals surface area contributed by atoms with Gasteiger partial charge in [-0.25, -0.2) is 8.78 Å². The summed E-state index contributed by atoms with van der Waals surface area (Å²) in [7, 11) is 0. The fourth-order valence-electron chi connectivity index (χ4n) is 1.59. The number of benzene rings is 1. The Morgan fingerprint density at radius 2 is 2.00 bits per heavy atom.